The third-order valence-electron chi connectivity index (χ3n) is 3.59. The molecular weight excluding hydrogens is 266 g/mol. The van der Waals surface area contributed by atoms with Crippen molar-refractivity contribution in [1.29, 1.82) is 0 Å². The summed E-state index contributed by atoms with van der Waals surface area (Å²) < 4.78 is 38.9. The van der Waals surface area contributed by atoms with Crippen molar-refractivity contribution in [3.8, 4) is 0 Å². The molecule has 112 valence electrons. The van der Waals surface area contributed by atoms with Crippen LogP contribution in [0.3, 0.4) is 0 Å². The minimum Gasteiger partial charge on any atom is -0.377 e. The third-order valence-corrected chi connectivity index (χ3v) is 3.59. The van der Waals surface area contributed by atoms with Crippen molar-refractivity contribution in [2.75, 3.05) is 39.3 Å². The van der Waals surface area contributed by atoms with Crippen LogP contribution in [-0.4, -0.2) is 46.6 Å². The Morgan fingerprint density at radius 1 is 1.15 bits per heavy atom. The van der Waals surface area contributed by atoms with Crippen molar-refractivity contribution in [1.82, 2.24) is 5.32 Å². The highest BCUT2D eigenvalue weighted by Crippen LogP contribution is 2.29. The Morgan fingerprint density at radius 3 is 2.05 bits per heavy atom. The molecule has 2 unspecified atom stereocenters. The summed E-state index contributed by atoms with van der Waals surface area (Å²) in [6.45, 7) is 1.25. The molecule has 0 aliphatic carbocycles. The number of benzene rings is 1. The van der Waals surface area contributed by atoms with Crippen LogP contribution in [0.5, 0.6) is 0 Å². The molecule has 6 heteroatoms. The van der Waals surface area contributed by atoms with Gasteiger partial charge < -0.3 is 19.7 Å². The molecule has 0 aromatic heterocycles. The average molecular weight is 286 g/mol. The van der Waals surface area contributed by atoms with Gasteiger partial charge in [0.05, 0.1) is 0 Å². The minimum absolute atomic E-state index is 0.00791. The van der Waals surface area contributed by atoms with E-state index in [4.69, 9.17) is 9.47 Å². The van der Waals surface area contributed by atoms with E-state index in [1.165, 1.54) is 12.1 Å². The Morgan fingerprint density at radius 2 is 1.65 bits per heavy atom. The number of hydrogen-bond donors (Lipinski definition) is 1. The van der Waals surface area contributed by atoms with E-state index in [0.717, 1.165) is 0 Å². The second kappa shape index (κ2) is 6.47. The summed E-state index contributed by atoms with van der Waals surface area (Å²) in [6, 6.07) is 2.72. The number of anilines is 1. The monoisotopic (exact) mass is 286 g/mol. The van der Waals surface area contributed by atoms with Gasteiger partial charge in [0.15, 0.2) is 0 Å². The molecule has 0 bridgehead atoms. The summed E-state index contributed by atoms with van der Waals surface area (Å²) >= 11 is 0. The molecule has 20 heavy (non-hydrogen) atoms. The Balaban J connectivity index is 2.25. The van der Waals surface area contributed by atoms with E-state index in [-0.39, 0.29) is 17.9 Å². The highest BCUT2D eigenvalue weighted by atomic mass is 19.1. The summed E-state index contributed by atoms with van der Waals surface area (Å²) in [6.07, 6.45) is -0.369. The Hall–Kier alpha value is -1.24. The Bertz CT molecular complexity index is 435. The molecule has 0 spiro atoms. The zero-order valence-electron chi connectivity index (χ0n) is 12.0. The molecular formula is C14H20F2N2O2. The third kappa shape index (κ3) is 2.92. The molecule has 1 saturated heterocycles. The number of nitrogens with one attached hydrogen (secondary N) is 1. The summed E-state index contributed by atoms with van der Waals surface area (Å²) in [5, 5.41) is 2.87. The van der Waals surface area contributed by atoms with E-state index < -0.39 is 11.6 Å². The molecule has 0 amide bonds. The highest BCUT2D eigenvalue weighted by Gasteiger charge is 2.35. The molecule has 1 aromatic rings. The normalized spacial score (nSPS) is 22.6. The van der Waals surface area contributed by atoms with E-state index in [1.54, 1.807) is 26.2 Å². The first-order valence-corrected chi connectivity index (χ1v) is 6.53. The predicted molar refractivity (Wildman–Crippen MR) is 72.9 cm³/mol. The van der Waals surface area contributed by atoms with Crippen molar-refractivity contribution in [2.24, 2.45) is 0 Å². The fourth-order valence-electron chi connectivity index (χ4n) is 2.61. The Kier molecular flexibility index (Phi) is 4.91. The van der Waals surface area contributed by atoms with Crippen LogP contribution in [0.4, 0.5) is 14.5 Å². The van der Waals surface area contributed by atoms with Crippen LogP contribution in [-0.2, 0) is 16.0 Å². The fraction of sp³-hybridized carbons (Fsp3) is 0.571. The zero-order valence-corrected chi connectivity index (χ0v) is 12.0. The van der Waals surface area contributed by atoms with Crippen molar-refractivity contribution in [2.45, 2.75) is 18.8 Å². The van der Waals surface area contributed by atoms with Crippen LogP contribution < -0.4 is 10.2 Å². The second-order valence-corrected chi connectivity index (χ2v) is 4.89. The van der Waals surface area contributed by atoms with Gasteiger partial charge in [-0.15, -0.1) is 0 Å². The molecule has 4 nitrogen and oxygen atoms in total. The SMILES string of the molecule is CNCc1cc(F)c(N2CC(OC)C(OC)C2)c(F)c1. The highest BCUT2D eigenvalue weighted by molar-refractivity contribution is 5.52. The first-order chi connectivity index (χ1) is 9.60. The molecule has 1 heterocycles. The summed E-state index contributed by atoms with van der Waals surface area (Å²) in [4.78, 5) is 1.64. The first-order valence-electron chi connectivity index (χ1n) is 6.53. The lowest BCUT2D eigenvalue weighted by Crippen LogP contribution is -2.27. The van der Waals surface area contributed by atoms with E-state index in [2.05, 4.69) is 5.32 Å². The van der Waals surface area contributed by atoms with Gasteiger partial charge in [-0.2, -0.15) is 0 Å². The van der Waals surface area contributed by atoms with Gasteiger partial charge in [-0.1, -0.05) is 0 Å². The number of ether oxygens (including phenoxy) is 2. The fourth-order valence-corrected chi connectivity index (χ4v) is 2.61. The first kappa shape index (κ1) is 15.2. The number of rotatable bonds is 5. The molecule has 0 saturated carbocycles. The maximum atomic E-state index is 14.2. The standard InChI is InChI=1S/C14H20F2N2O2/c1-17-6-9-4-10(15)14(11(16)5-9)18-7-12(19-2)13(8-18)20-3/h4-5,12-13,17H,6-8H2,1-3H3. The van der Waals surface area contributed by atoms with Gasteiger partial charge in [-0.25, -0.2) is 8.78 Å². The summed E-state index contributed by atoms with van der Waals surface area (Å²) in [7, 11) is 4.88. The molecule has 1 aliphatic rings. The van der Waals surface area contributed by atoms with Crippen LogP contribution in [0.15, 0.2) is 12.1 Å². The zero-order chi connectivity index (χ0) is 14.7. The number of halogens is 2. The molecule has 1 aromatic carbocycles. The molecule has 1 N–H and O–H groups in total. The lowest BCUT2D eigenvalue weighted by atomic mass is 10.1. The van der Waals surface area contributed by atoms with E-state index in [9.17, 15) is 8.78 Å². The van der Waals surface area contributed by atoms with Gasteiger partial charge in [0.25, 0.3) is 0 Å². The summed E-state index contributed by atoms with van der Waals surface area (Å²) in [5.41, 5.74) is 0.573. The largest absolute Gasteiger partial charge is 0.377 e. The lowest BCUT2D eigenvalue weighted by Gasteiger charge is -2.20. The van der Waals surface area contributed by atoms with Crippen LogP contribution in [0.1, 0.15) is 5.56 Å². The molecule has 2 rings (SSSR count). The van der Waals surface area contributed by atoms with Gasteiger partial charge >= 0.3 is 0 Å². The van der Waals surface area contributed by atoms with Gasteiger partial charge in [-0.3, -0.25) is 0 Å². The second-order valence-electron chi connectivity index (χ2n) is 4.89. The van der Waals surface area contributed by atoms with Crippen LogP contribution in [0, 0.1) is 11.6 Å². The van der Waals surface area contributed by atoms with Crippen LogP contribution in [0.25, 0.3) is 0 Å². The molecule has 2 atom stereocenters. The van der Waals surface area contributed by atoms with E-state index >= 15 is 0 Å². The topological polar surface area (TPSA) is 33.7 Å². The van der Waals surface area contributed by atoms with Gasteiger partial charge in [-0.05, 0) is 24.7 Å². The van der Waals surface area contributed by atoms with Gasteiger partial charge in [0, 0.05) is 33.9 Å². The van der Waals surface area contributed by atoms with Crippen LogP contribution >= 0.6 is 0 Å². The summed E-state index contributed by atoms with van der Waals surface area (Å²) in [5.74, 6) is -1.11. The van der Waals surface area contributed by atoms with E-state index in [0.29, 0.717) is 25.2 Å². The molecule has 1 fully saturated rings. The number of methoxy groups -OCH3 is 2. The van der Waals surface area contributed by atoms with Crippen molar-refractivity contribution in [3.05, 3.63) is 29.3 Å². The number of hydrogen-bond acceptors (Lipinski definition) is 4. The minimum atomic E-state index is -0.554. The lowest BCUT2D eigenvalue weighted by molar-refractivity contribution is -0.00461. The smallest absolute Gasteiger partial charge is 0.149 e. The Labute approximate surface area is 117 Å². The van der Waals surface area contributed by atoms with Gasteiger partial charge in [0.2, 0.25) is 0 Å². The molecule has 1 aliphatic heterocycles. The maximum absolute atomic E-state index is 14.2. The maximum Gasteiger partial charge on any atom is 0.149 e. The average Bonchev–Trinajstić information content (AvgIpc) is 2.81. The van der Waals surface area contributed by atoms with Crippen molar-refractivity contribution < 1.29 is 18.3 Å². The number of nitrogens with zero attached hydrogens (tertiary/aromatic N) is 1. The van der Waals surface area contributed by atoms with Gasteiger partial charge in [0.1, 0.15) is 29.5 Å². The van der Waals surface area contributed by atoms with Crippen molar-refractivity contribution >= 4 is 5.69 Å². The van der Waals surface area contributed by atoms with Crippen LogP contribution in [0.2, 0.25) is 0 Å². The predicted octanol–water partition coefficient (Wildman–Crippen LogP) is 1.53. The van der Waals surface area contributed by atoms with Crippen molar-refractivity contribution in [3.63, 3.8) is 0 Å². The quantitative estimate of drug-likeness (QED) is 0.890. The molecule has 0 radical (unpaired) electrons. The van der Waals surface area contributed by atoms with E-state index in [1.807, 2.05) is 0 Å².